The number of amides is 2. The van der Waals surface area contributed by atoms with Crippen LogP contribution >= 0.6 is 0 Å². The van der Waals surface area contributed by atoms with Gasteiger partial charge in [-0.25, -0.2) is 0 Å². The molecule has 2 aromatic rings. The monoisotopic (exact) mass is 395 g/mol. The van der Waals surface area contributed by atoms with Gasteiger partial charge in [0.25, 0.3) is 11.8 Å². The van der Waals surface area contributed by atoms with Gasteiger partial charge in [-0.15, -0.1) is 0 Å². The number of aryl methyl sites for hydroxylation is 2. The van der Waals surface area contributed by atoms with E-state index in [0.717, 1.165) is 37.7 Å². The topological polar surface area (TPSA) is 71.4 Å². The third kappa shape index (κ3) is 5.34. The Morgan fingerprint density at radius 1 is 0.966 bits per heavy atom. The Kier molecular flexibility index (Phi) is 7.22. The molecule has 0 spiro atoms. The highest BCUT2D eigenvalue weighted by Gasteiger charge is 2.23. The Labute approximate surface area is 171 Å². The van der Waals surface area contributed by atoms with E-state index in [1.807, 2.05) is 30.3 Å². The van der Waals surface area contributed by atoms with Crippen molar-refractivity contribution in [3.05, 3.63) is 69.6 Å². The summed E-state index contributed by atoms with van der Waals surface area (Å²) in [6.07, 6.45) is 8.02. The molecule has 2 heterocycles. The summed E-state index contributed by atoms with van der Waals surface area (Å²) in [6.45, 7) is 4.13. The van der Waals surface area contributed by atoms with E-state index in [1.54, 1.807) is 28.8 Å². The third-order valence-corrected chi connectivity index (χ3v) is 5.29. The lowest BCUT2D eigenvalue weighted by atomic mass is 10.1. The first-order valence-electron chi connectivity index (χ1n) is 10.5. The van der Waals surface area contributed by atoms with E-state index in [0.29, 0.717) is 26.2 Å². The summed E-state index contributed by atoms with van der Waals surface area (Å²) in [7, 11) is 0. The highest BCUT2D eigenvalue weighted by atomic mass is 16.2. The number of carbonyl (C=O) groups excluding carboxylic acids is 2. The lowest BCUT2D eigenvalue weighted by Gasteiger charge is -2.21. The van der Waals surface area contributed by atoms with Crippen molar-refractivity contribution in [3.63, 3.8) is 0 Å². The molecule has 1 N–H and O–H groups in total. The SMILES string of the molecule is CCNC(=O)c1cn(CCc2ccccc2)cc(C(=O)N2CCCCCC2)c1=O. The van der Waals surface area contributed by atoms with Gasteiger partial charge in [0.15, 0.2) is 0 Å². The second-order valence-electron chi connectivity index (χ2n) is 7.45. The Morgan fingerprint density at radius 3 is 2.28 bits per heavy atom. The van der Waals surface area contributed by atoms with Crippen molar-refractivity contribution >= 4 is 11.8 Å². The molecule has 0 unspecified atom stereocenters. The van der Waals surface area contributed by atoms with Gasteiger partial charge in [0.1, 0.15) is 11.1 Å². The number of benzene rings is 1. The number of aromatic nitrogens is 1. The molecule has 6 nitrogen and oxygen atoms in total. The van der Waals surface area contributed by atoms with Gasteiger partial charge < -0.3 is 14.8 Å². The normalized spacial score (nSPS) is 14.3. The number of nitrogens with one attached hydrogen (secondary N) is 1. The minimum absolute atomic E-state index is 0.0283. The van der Waals surface area contributed by atoms with Crippen LogP contribution in [0.3, 0.4) is 0 Å². The molecule has 1 fully saturated rings. The molecule has 1 saturated heterocycles. The van der Waals surface area contributed by atoms with Crippen LogP contribution in [0.15, 0.2) is 47.5 Å². The number of carbonyl (C=O) groups is 2. The Bertz CT molecular complexity index is 897. The van der Waals surface area contributed by atoms with Gasteiger partial charge in [0.2, 0.25) is 5.43 Å². The standard InChI is InChI=1S/C23H29N3O3/c1-2-24-22(28)19-16-25(15-12-18-10-6-5-7-11-18)17-20(21(19)27)23(29)26-13-8-3-4-9-14-26/h5-7,10-11,16-17H,2-4,8-9,12-15H2,1H3,(H,24,28). The van der Waals surface area contributed by atoms with Crippen LogP contribution in [-0.4, -0.2) is 40.9 Å². The van der Waals surface area contributed by atoms with E-state index in [1.165, 1.54) is 0 Å². The fraction of sp³-hybridized carbons (Fsp3) is 0.435. The van der Waals surface area contributed by atoms with Gasteiger partial charge in [-0.3, -0.25) is 14.4 Å². The zero-order valence-corrected chi connectivity index (χ0v) is 17.0. The summed E-state index contributed by atoms with van der Waals surface area (Å²) < 4.78 is 1.80. The minimum atomic E-state index is -0.485. The molecule has 0 radical (unpaired) electrons. The molecule has 1 aliphatic heterocycles. The largest absolute Gasteiger partial charge is 0.352 e. The molecule has 0 atom stereocenters. The van der Waals surface area contributed by atoms with E-state index < -0.39 is 11.3 Å². The fourth-order valence-corrected chi connectivity index (χ4v) is 3.68. The van der Waals surface area contributed by atoms with Crippen LogP contribution in [0, 0.1) is 0 Å². The zero-order valence-electron chi connectivity index (χ0n) is 17.0. The van der Waals surface area contributed by atoms with Crippen LogP contribution in [0.2, 0.25) is 0 Å². The van der Waals surface area contributed by atoms with E-state index in [9.17, 15) is 14.4 Å². The number of likely N-dealkylation sites (tertiary alicyclic amines) is 1. The van der Waals surface area contributed by atoms with Gasteiger partial charge in [-0.2, -0.15) is 0 Å². The van der Waals surface area contributed by atoms with Gasteiger partial charge in [0.05, 0.1) is 0 Å². The van der Waals surface area contributed by atoms with Crippen molar-refractivity contribution in [2.24, 2.45) is 0 Å². The summed E-state index contributed by atoms with van der Waals surface area (Å²) in [4.78, 5) is 40.3. The van der Waals surface area contributed by atoms with E-state index in [-0.39, 0.29) is 17.0 Å². The Balaban J connectivity index is 1.92. The molecule has 6 heteroatoms. The molecule has 154 valence electrons. The van der Waals surface area contributed by atoms with Gasteiger partial charge in [-0.1, -0.05) is 43.2 Å². The average Bonchev–Trinajstić information content (AvgIpc) is 3.03. The van der Waals surface area contributed by atoms with Crippen molar-refractivity contribution in [1.29, 1.82) is 0 Å². The van der Waals surface area contributed by atoms with E-state index in [4.69, 9.17) is 0 Å². The third-order valence-electron chi connectivity index (χ3n) is 5.29. The predicted octanol–water partition coefficient (Wildman–Crippen LogP) is 2.86. The summed E-state index contributed by atoms with van der Waals surface area (Å²) in [6, 6.07) is 10.0. The van der Waals surface area contributed by atoms with Crippen LogP contribution < -0.4 is 10.7 Å². The van der Waals surface area contributed by atoms with Crippen LogP contribution in [0.4, 0.5) is 0 Å². The molecule has 0 bridgehead atoms. The van der Waals surface area contributed by atoms with E-state index in [2.05, 4.69) is 5.32 Å². The predicted molar refractivity (Wildman–Crippen MR) is 113 cm³/mol. The van der Waals surface area contributed by atoms with Crippen LogP contribution in [0.25, 0.3) is 0 Å². The fourth-order valence-electron chi connectivity index (χ4n) is 3.68. The van der Waals surface area contributed by atoms with Crippen molar-refractivity contribution in [2.45, 2.75) is 45.6 Å². The van der Waals surface area contributed by atoms with Crippen LogP contribution in [-0.2, 0) is 13.0 Å². The van der Waals surface area contributed by atoms with Crippen molar-refractivity contribution in [2.75, 3.05) is 19.6 Å². The second kappa shape index (κ2) is 10.0. The van der Waals surface area contributed by atoms with Gasteiger partial charge in [0, 0.05) is 38.6 Å². The number of hydrogen-bond acceptors (Lipinski definition) is 3. The van der Waals surface area contributed by atoms with Gasteiger partial charge in [-0.05, 0) is 31.7 Å². The van der Waals surface area contributed by atoms with Crippen molar-refractivity contribution < 1.29 is 9.59 Å². The first kappa shape index (κ1) is 20.8. The molecule has 1 aromatic heterocycles. The first-order valence-corrected chi connectivity index (χ1v) is 10.5. The molecule has 2 amide bonds. The molecule has 1 aliphatic rings. The average molecular weight is 396 g/mol. The zero-order chi connectivity index (χ0) is 20.6. The molecule has 0 aliphatic carbocycles. The molecule has 0 saturated carbocycles. The Morgan fingerprint density at radius 2 is 1.62 bits per heavy atom. The molecule has 3 rings (SSSR count). The molecular formula is C23H29N3O3. The summed E-state index contributed by atoms with van der Waals surface area (Å²) in [5.41, 5.74) is 0.789. The van der Waals surface area contributed by atoms with Crippen molar-refractivity contribution in [3.8, 4) is 0 Å². The maximum atomic E-state index is 13.1. The number of hydrogen-bond donors (Lipinski definition) is 1. The van der Waals surface area contributed by atoms with E-state index >= 15 is 0 Å². The lowest BCUT2D eigenvalue weighted by molar-refractivity contribution is 0.0759. The van der Waals surface area contributed by atoms with Crippen LogP contribution in [0.5, 0.6) is 0 Å². The number of pyridine rings is 1. The Hall–Kier alpha value is -2.89. The summed E-state index contributed by atoms with van der Waals surface area (Å²) in [5, 5.41) is 2.68. The lowest BCUT2D eigenvalue weighted by Crippen LogP contribution is -2.38. The highest BCUT2D eigenvalue weighted by molar-refractivity contribution is 5.99. The number of nitrogens with zero attached hydrogens (tertiary/aromatic N) is 2. The van der Waals surface area contributed by atoms with Crippen molar-refractivity contribution in [1.82, 2.24) is 14.8 Å². The quantitative estimate of drug-likeness (QED) is 0.818. The molecular weight excluding hydrogens is 366 g/mol. The maximum Gasteiger partial charge on any atom is 0.259 e. The summed E-state index contributed by atoms with van der Waals surface area (Å²) in [5.74, 6) is -0.701. The first-order chi connectivity index (χ1) is 14.1. The highest BCUT2D eigenvalue weighted by Crippen LogP contribution is 2.13. The molecule has 29 heavy (non-hydrogen) atoms. The smallest absolute Gasteiger partial charge is 0.259 e. The number of rotatable bonds is 6. The molecule has 1 aromatic carbocycles. The maximum absolute atomic E-state index is 13.1. The second-order valence-corrected chi connectivity index (χ2v) is 7.45. The minimum Gasteiger partial charge on any atom is -0.352 e. The van der Waals surface area contributed by atoms with Crippen LogP contribution in [0.1, 0.15) is 58.9 Å². The summed E-state index contributed by atoms with van der Waals surface area (Å²) >= 11 is 0. The van der Waals surface area contributed by atoms with Gasteiger partial charge >= 0.3 is 0 Å².